The number of carbonyl (C=O) groups is 1. The van der Waals surface area contributed by atoms with E-state index in [1.807, 2.05) is 13.8 Å². The highest BCUT2D eigenvalue weighted by Gasteiger charge is 2.33. The summed E-state index contributed by atoms with van der Waals surface area (Å²) in [6, 6.07) is 6.11. The number of rotatable bonds is 9. The first-order chi connectivity index (χ1) is 10.7. The van der Waals surface area contributed by atoms with Crippen LogP contribution in [0.25, 0.3) is 0 Å². The third kappa shape index (κ3) is 7.36. The molecule has 23 heavy (non-hydrogen) atoms. The molecule has 6 nitrogen and oxygen atoms in total. The Morgan fingerprint density at radius 1 is 1.35 bits per heavy atom. The normalized spacial score (nSPS) is 15.0. The minimum Gasteiger partial charge on any atom is -0.404 e. The van der Waals surface area contributed by atoms with E-state index in [-0.39, 0.29) is 5.92 Å². The topological polar surface area (TPSA) is 73.9 Å². The summed E-state index contributed by atoms with van der Waals surface area (Å²) in [4.78, 5) is 17.2. The van der Waals surface area contributed by atoms with Gasteiger partial charge in [-0.2, -0.15) is 5.48 Å². The highest BCUT2D eigenvalue weighted by molar-refractivity contribution is 7.82. The van der Waals surface area contributed by atoms with E-state index in [0.717, 1.165) is 5.56 Å². The van der Waals surface area contributed by atoms with Crippen molar-refractivity contribution in [1.82, 2.24) is 5.48 Å². The number of benzene rings is 1. The molecular weight excluding hydrogens is 341 g/mol. The minimum absolute atomic E-state index is 0.201. The van der Waals surface area contributed by atoms with Gasteiger partial charge >= 0.3 is 12.9 Å². The van der Waals surface area contributed by atoms with Gasteiger partial charge in [-0.1, -0.05) is 32.0 Å². The van der Waals surface area contributed by atoms with Gasteiger partial charge in [0.25, 0.3) is 0 Å². The van der Waals surface area contributed by atoms with Crippen LogP contribution in [0, 0.1) is 12.8 Å². The van der Waals surface area contributed by atoms with Gasteiger partial charge in [-0.3, -0.25) is 0 Å². The number of hydroxylamine groups is 1. The summed E-state index contributed by atoms with van der Waals surface area (Å²) >= 11 is 5.77. The van der Waals surface area contributed by atoms with Gasteiger partial charge in [-0.15, -0.1) is 0 Å². The van der Waals surface area contributed by atoms with E-state index in [9.17, 15) is 9.36 Å². The van der Waals surface area contributed by atoms with E-state index >= 15 is 0 Å². The number of para-hydroxylation sites is 1. The predicted molar refractivity (Wildman–Crippen MR) is 89.4 cm³/mol. The maximum absolute atomic E-state index is 12.2. The molecular formula is C15H23ClNO5P. The average molecular weight is 364 g/mol. The highest BCUT2D eigenvalue weighted by atomic mass is 35.7. The van der Waals surface area contributed by atoms with Crippen molar-refractivity contribution in [3.8, 4) is 5.75 Å². The molecule has 0 saturated heterocycles. The molecule has 0 aliphatic rings. The van der Waals surface area contributed by atoms with Crippen LogP contribution in [0.2, 0.25) is 0 Å². The Morgan fingerprint density at radius 2 is 2.00 bits per heavy atom. The van der Waals surface area contributed by atoms with E-state index in [2.05, 4.69) is 5.48 Å². The molecule has 1 rings (SSSR count). The quantitative estimate of drug-likeness (QED) is 0.523. The van der Waals surface area contributed by atoms with E-state index in [1.165, 1.54) is 0 Å². The Balaban J connectivity index is 2.74. The Hall–Kier alpha value is -1.07. The Bertz CT molecular complexity index is 567. The fourth-order valence-corrected chi connectivity index (χ4v) is 3.06. The molecule has 0 saturated carbocycles. The van der Waals surface area contributed by atoms with Gasteiger partial charge in [0.1, 0.15) is 11.8 Å². The third-order valence-corrected chi connectivity index (χ3v) is 4.09. The molecule has 0 bridgehead atoms. The zero-order valence-electron chi connectivity index (χ0n) is 13.7. The lowest BCUT2D eigenvalue weighted by Crippen LogP contribution is -2.38. The first-order valence-corrected chi connectivity index (χ1v) is 9.85. The smallest absolute Gasteiger partial charge is 0.404 e. The van der Waals surface area contributed by atoms with Gasteiger partial charge in [0, 0.05) is 11.2 Å². The Morgan fingerprint density at radius 3 is 2.57 bits per heavy atom. The Kier molecular flexibility index (Phi) is 8.06. The number of aryl methyl sites for hydroxylation is 1. The standard InChI is InChI=1S/C15H23ClNO5P/c1-5-20-17-13(10-11(2)3)15(18)22-23(16,19)21-14-9-7-6-8-12(14)4/h6-9,11,13,17H,5,10H2,1-4H3/t13-,23?/m0/s1. The van der Waals surface area contributed by atoms with Crippen molar-refractivity contribution in [2.24, 2.45) is 5.92 Å². The molecule has 0 aliphatic carbocycles. The summed E-state index contributed by atoms with van der Waals surface area (Å²) in [7, 11) is 0. The van der Waals surface area contributed by atoms with Gasteiger partial charge < -0.3 is 13.9 Å². The zero-order chi connectivity index (χ0) is 17.5. The lowest BCUT2D eigenvalue weighted by atomic mass is 10.1. The van der Waals surface area contributed by atoms with E-state index < -0.39 is 19.0 Å². The molecule has 0 heterocycles. The van der Waals surface area contributed by atoms with Gasteiger partial charge in [0.05, 0.1) is 6.61 Å². The van der Waals surface area contributed by atoms with Crippen LogP contribution < -0.4 is 10.0 Å². The molecule has 2 atom stereocenters. The van der Waals surface area contributed by atoms with Crippen LogP contribution in [0.4, 0.5) is 0 Å². The van der Waals surface area contributed by atoms with Crippen molar-refractivity contribution >= 4 is 24.2 Å². The molecule has 1 aromatic carbocycles. The molecule has 0 fully saturated rings. The van der Waals surface area contributed by atoms with Crippen molar-refractivity contribution in [2.75, 3.05) is 6.61 Å². The minimum atomic E-state index is -4.10. The van der Waals surface area contributed by atoms with E-state index in [4.69, 9.17) is 25.1 Å². The molecule has 1 unspecified atom stereocenters. The van der Waals surface area contributed by atoms with Crippen molar-refractivity contribution in [2.45, 2.75) is 40.2 Å². The summed E-state index contributed by atoms with van der Waals surface area (Å²) in [5.41, 5.74) is 3.32. The second-order valence-electron chi connectivity index (χ2n) is 5.43. The second-order valence-corrected chi connectivity index (χ2v) is 7.90. The highest BCUT2D eigenvalue weighted by Crippen LogP contribution is 2.54. The number of halogens is 1. The molecule has 8 heteroatoms. The van der Waals surface area contributed by atoms with Crippen molar-refractivity contribution in [1.29, 1.82) is 0 Å². The molecule has 0 amide bonds. The second kappa shape index (κ2) is 9.28. The fraction of sp³-hybridized carbons (Fsp3) is 0.533. The van der Waals surface area contributed by atoms with Gasteiger partial charge in [0.15, 0.2) is 0 Å². The summed E-state index contributed by atoms with van der Waals surface area (Å²) in [5, 5.41) is 0. The van der Waals surface area contributed by atoms with Crippen molar-refractivity contribution < 1.29 is 23.2 Å². The number of hydrogen-bond acceptors (Lipinski definition) is 6. The first-order valence-electron chi connectivity index (χ1n) is 7.40. The van der Waals surface area contributed by atoms with Crippen LogP contribution in [0.15, 0.2) is 24.3 Å². The number of hydrogen-bond donors (Lipinski definition) is 1. The van der Waals surface area contributed by atoms with Crippen LogP contribution in [-0.2, 0) is 18.7 Å². The van der Waals surface area contributed by atoms with Crippen molar-refractivity contribution in [3.63, 3.8) is 0 Å². The lowest BCUT2D eigenvalue weighted by molar-refractivity contribution is -0.142. The van der Waals surface area contributed by atoms with Crippen LogP contribution in [0.3, 0.4) is 0 Å². The fourth-order valence-electron chi connectivity index (χ4n) is 1.81. The maximum atomic E-state index is 12.2. The molecule has 0 spiro atoms. The molecule has 0 aromatic heterocycles. The Labute approximate surface area is 141 Å². The number of carbonyl (C=O) groups excluding carboxylic acids is 1. The van der Waals surface area contributed by atoms with Crippen molar-refractivity contribution in [3.05, 3.63) is 29.8 Å². The van der Waals surface area contributed by atoms with Crippen LogP contribution in [-0.4, -0.2) is 18.6 Å². The maximum Gasteiger partial charge on any atom is 0.532 e. The molecule has 0 radical (unpaired) electrons. The first kappa shape index (κ1) is 20.0. The summed E-state index contributed by atoms with van der Waals surface area (Å²) in [5.74, 6) is -0.275. The van der Waals surface area contributed by atoms with Crippen LogP contribution in [0.1, 0.15) is 32.8 Å². The zero-order valence-corrected chi connectivity index (χ0v) is 15.4. The third-order valence-electron chi connectivity index (χ3n) is 2.86. The predicted octanol–water partition coefficient (Wildman–Crippen LogP) is 4.22. The molecule has 1 N–H and O–H groups in total. The summed E-state index contributed by atoms with van der Waals surface area (Å²) in [6.07, 6.45) is 0.445. The van der Waals surface area contributed by atoms with E-state index in [1.54, 1.807) is 38.1 Å². The SMILES string of the molecule is CCON[C@@H](CC(C)C)C(=O)OP(=O)(Cl)Oc1ccccc1C. The van der Waals surface area contributed by atoms with Crippen LogP contribution in [0.5, 0.6) is 5.75 Å². The number of nitrogens with one attached hydrogen (secondary N) is 1. The van der Waals surface area contributed by atoms with Gasteiger partial charge in [0.2, 0.25) is 0 Å². The summed E-state index contributed by atoms with van der Waals surface area (Å²) < 4.78 is 22.3. The lowest BCUT2D eigenvalue weighted by Gasteiger charge is -2.20. The van der Waals surface area contributed by atoms with Crippen LogP contribution >= 0.6 is 18.2 Å². The van der Waals surface area contributed by atoms with Gasteiger partial charge in [-0.05, 0) is 37.8 Å². The summed E-state index contributed by atoms with van der Waals surface area (Å²) in [6.45, 7) is 3.71. The molecule has 0 aliphatic heterocycles. The van der Waals surface area contributed by atoms with Gasteiger partial charge in [-0.25, -0.2) is 9.36 Å². The molecule has 1 aromatic rings. The largest absolute Gasteiger partial charge is 0.532 e. The monoisotopic (exact) mass is 363 g/mol. The average Bonchev–Trinajstić information content (AvgIpc) is 2.44. The van der Waals surface area contributed by atoms with E-state index in [0.29, 0.717) is 18.8 Å². The molecule has 130 valence electrons.